The highest BCUT2D eigenvalue weighted by Gasteiger charge is 2.29. The second kappa shape index (κ2) is 9.31. The third-order valence-corrected chi connectivity index (χ3v) is 5.72. The van der Waals surface area contributed by atoms with Gasteiger partial charge in [-0.05, 0) is 63.7 Å². The number of nitrogens with zero attached hydrogens (tertiary/aromatic N) is 1. The van der Waals surface area contributed by atoms with Crippen molar-refractivity contribution in [3.05, 3.63) is 17.7 Å². The van der Waals surface area contributed by atoms with Gasteiger partial charge in [0.05, 0.1) is 26.9 Å². The van der Waals surface area contributed by atoms with E-state index in [1.807, 2.05) is 0 Å². The van der Waals surface area contributed by atoms with E-state index >= 15 is 0 Å². The highest BCUT2D eigenvalue weighted by atomic mass is 16.5. The first kappa shape index (κ1) is 19.8. The number of carbonyl (C=O) groups is 1. The minimum atomic E-state index is -0.337. The number of rotatable bonds is 6. The summed E-state index contributed by atoms with van der Waals surface area (Å²) < 4.78 is 21.7. The van der Waals surface area contributed by atoms with Crippen LogP contribution in [0.3, 0.4) is 0 Å². The summed E-state index contributed by atoms with van der Waals surface area (Å²) in [4.78, 5) is 15.3. The lowest BCUT2D eigenvalue weighted by molar-refractivity contribution is 0.00928. The van der Waals surface area contributed by atoms with Gasteiger partial charge in [0.2, 0.25) is 5.75 Å². The molecular weight excluding hydrogens is 346 g/mol. The highest BCUT2D eigenvalue weighted by molar-refractivity contribution is 5.91. The van der Waals surface area contributed by atoms with Gasteiger partial charge in [0, 0.05) is 6.04 Å². The van der Waals surface area contributed by atoms with E-state index in [9.17, 15) is 4.79 Å². The lowest BCUT2D eigenvalue weighted by atomic mass is 9.90. The number of ether oxygens (including phenoxy) is 4. The monoisotopic (exact) mass is 377 g/mol. The highest BCUT2D eigenvalue weighted by Crippen LogP contribution is 2.38. The molecule has 0 bridgehead atoms. The van der Waals surface area contributed by atoms with Crippen molar-refractivity contribution in [2.75, 3.05) is 34.4 Å². The Kier molecular flexibility index (Phi) is 6.83. The second-order valence-electron chi connectivity index (χ2n) is 7.35. The molecule has 0 radical (unpaired) electrons. The quantitative estimate of drug-likeness (QED) is 0.705. The van der Waals surface area contributed by atoms with Crippen molar-refractivity contribution in [3.8, 4) is 17.2 Å². The molecule has 1 heterocycles. The Morgan fingerprint density at radius 3 is 2.00 bits per heavy atom. The normalized spacial score (nSPS) is 23.5. The number of carbonyl (C=O) groups excluding carboxylic acids is 1. The van der Waals surface area contributed by atoms with Crippen LogP contribution in [-0.2, 0) is 4.74 Å². The molecular formula is C21H31NO5. The van der Waals surface area contributed by atoms with Gasteiger partial charge in [0.25, 0.3) is 0 Å². The summed E-state index contributed by atoms with van der Waals surface area (Å²) in [7, 11) is 4.61. The molecule has 6 heteroatoms. The molecule has 0 atom stereocenters. The zero-order valence-corrected chi connectivity index (χ0v) is 16.7. The summed E-state index contributed by atoms with van der Waals surface area (Å²) in [6.45, 7) is 2.45. The number of hydrogen-bond acceptors (Lipinski definition) is 6. The summed E-state index contributed by atoms with van der Waals surface area (Å²) in [6.07, 6.45) is 8.04. The van der Waals surface area contributed by atoms with Crippen molar-refractivity contribution in [2.45, 2.75) is 57.1 Å². The molecule has 0 aromatic heterocycles. The van der Waals surface area contributed by atoms with Gasteiger partial charge >= 0.3 is 5.97 Å². The zero-order valence-electron chi connectivity index (χ0n) is 16.7. The number of likely N-dealkylation sites (tertiary alicyclic amines) is 1. The van der Waals surface area contributed by atoms with Gasteiger partial charge in [-0.25, -0.2) is 4.79 Å². The summed E-state index contributed by atoms with van der Waals surface area (Å²) in [5.74, 6) is 1.05. The van der Waals surface area contributed by atoms with Gasteiger partial charge in [0.1, 0.15) is 6.10 Å². The maximum atomic E-state index is 12.6. The van der Waals surface area contributed by atoms with Crippen LogP contribution in [0.1, 0.15) is 55.3 Å². The van der Waals surface area contributed by atoms with Crippen LogP contribution in [0.25, 0.3) is 0 Å². The van der Waals surface area contributed by atoms with E-state index < -0.39 is 0 Å². The predicted octanol–water partition coefficient (Wildman–Crippen LogP) is 3.67. The van der Waals surface area contributed by atoms with Crippen molar-refractivity contribution < 1.29 is 23.7 Å². The SMILES string of the molecule is COc1cc(C(=O)OC2CCC(N3CCCCC3)CC2)cc(OC)c1OC. The van der Waals surface area contributed by atoms with Crippen molar-refractivity contribution >= 4 is 5.97 Å². The molecule has 27 heavy (non-hydrogen) atoms. The Bertz CT molecular complexity index is 608. The molecule has 1 saturated heterocycles. The minimum Gasteiger partial charge on any atom is -0.493 e. The van der Waals surface area contributed by atoms with Gasteiger partial charge in [-0.3, -0.25) is 0 Å². The summed E-state index contributed by atoms with van der Waals surface area (Å²) in [5.41, 5.74) is 0.419. The zero-order chi connectivity index (χ0) is 19.2. The second-order valence-corrected chi connectivity index (χ2v) is 7.35. The van der Waals surface area contributed by atoms with E-state index in [0.717, 1.165) is 25.7 Å². The summed E-state index contributed by atoms with van der Waals surface area (Å²) >= 11 is 0. The molecule has 0 spiro atoms. The number of methoxy groups -OCH3 is 3. The summed E-state index contributed by atoms with van der Waals surface area (Å²) in [5, 5.41) is 0. The largest absolute Gasteiger partial charge is 0.493 e. The first-order chi connectivity index (χ1) is 13.2. The van der Waals surface area contributed by atoms with Crippen molar-refractivity contribution in [1.29, 1.82) is 0 Å². The van der Waals surface area contributed by atoms with E-state index in [1.165, 1.54) is 46.6 Å². The third kappa shape index (κ3) is 4.67. The summed E-state index contributed by atoms with van der Waals surface area (Å²) in [6, 6.07) is 3.94. The smallest absolute Gasteiger partial charge is 0.338 e. The fourth-order valence-electron chi connectivity index (χ4n) is 4.23. The Labute approximate surface area is 161 Å². The molecule has 2 fully saturated rings. The molecule has 2 aliphatic rings. The third-order valence-electron chi connectivity index (χ3n) is 5.72. The van der Waals surface area contributed by atoms with E-state index in [0.29, 0.717) is 28.9 Å². The van der Waals surface area contributed by atoms with Crippen LogP contribution in [0.5, 0.6) is 17.2 Å². The molecule has 0 N–H and O–H groups in total. The van der Waals surface area contributed by atoms with Gasteiger partial charge in [-0.15, -0.1) is 0 Å². The minimum absolute atomic E-state index is 0.0161. The van der Waals surface area contributed by atoms with Crippen LogP contribution in [0.15, 0.2) is 12.1 Å². The van der Waals surface area contributed by atoms with Gasteiger partial charge in [-0.1, -0.05) is 6.42 Å². The van der Waals surface area contributed by atoms with E-state index in [4.69, 9.17) is 18.9 Å². The van der Waals surface area contributed by atoms with E-state index in [-0.39, 0.29) is 12.1 Å². The van der Waals surface area contributed by atoms with E-state index in [2.05, 4.69) is 4.90 Å². The Hall–Kier alpha value is -1.95. The first-order valence-electron chi connectivity index (χ1n) is 9.91. The Balaban J connectivity index is 1.59. The fraction of sp³-hybridized carbons (Fsp3) is 0.667. The molecule has 150 valence electrons. The maximum Gasteiger partial charge on any atom is 0.338 e. The van der Waals surface area contributed by atoms with Gasteiger partial charge < -0.3 is 23.8 Å². The van der Waals surface area contributed by atoms with Crippen molar-refractivity contribution in [1.82, 2.24) is 4.90 Å². The topological polar surface area (TPSA) is 57.2 Å². The fourth-order valence-corrected chi connectivity index (χ4v) is 4.23. The van der Waals surface area contributed by atoms with Crippen molar-refractivity contribution in [3.63, 3.8) is 0 Å². The molecule has 1 aliphatic carbocycles. The molecule has 1 aromatic carbocycles. The lowest BCUT2D eigenvalue weighted by Gasteiger charge is -2.38. The Morgan fingerprint density at radius 1 is 0.889 bits per heavy atom. The van der Waals surface area contributed by atoms with Crippen LogP contribution >= 0.6 is 0 Å². The average molecular weight is 377 g/mol. The molecule has 3 rings (SSSR count). The van der Waals surface area contributed by atoms with Crippen LogP contribution in [0.2, 0.25) is 0 Å². The van der Waals surface area contributed by atoms with Gasteiger partial charge in [0.15, 0.2) is 11.5 Å². The maximum absolute atomic E-state index is 12.6. The van der Waals surface area contributed by atoms with Crippen molar-refractivity contribution in [2.24, 2.45) is 0 Å². The van der Waals surface area contributed by atoms with Crippen LogP contribution in [-0.4, -0.2) is 57.4 Å². The predicted molar refractivity (Wildman–Crippen MR) is 103 cm³/mol. The van der Waals surface area contributed by atoms with Crippen LogP contribution < -0.4 is 14.2 Å². The first-order valence-corrected chi connectivity index (χ1v) is 9.91. The average Bonchev–Trinajstić information content (AvgIpc) is 2.73. The molecule has 0 amide bonds. The van der Waals surface area contributed by atoms with E-state index in [1.54, 1.807) is 19.2 Å². The molecule has 1 saturated carbocycles. The standard InChI is InChI=1S/C21H31NO5/c1-24-18-13-15(14-19(25-2)20(18)26-3)21(23)27-17-9-7-16(8-10-17)22-11-5-4-6-12-22/h13-14,16-17H,4-12H2,1-3H3. The number of piperidine rings is 1. The van der Waals surface area contributed by atoms with Crippen LogP contribution in [0, 0.1) is 0 Å². The molecule has 1 aliphatic heterocycles. The molecule has 0 unspecified atom stereocenters. The lowest BCUT2D eigenvalue weighted by Crippen LogP contribution is -2.42. The molecule has 1 aromatic rings. The number of esters is 1. The van der Waals surface area contributed by atoms with Crippen LogP contribution in [0.4, 0.5) is 0 Å². The molecule has 6 nitrogen and oxygen atoms in total. The van der Waals surface area contributed by atoms with Gasteiger partial charge in [-0.2, -0.15) is 0 Å². The number of hydrogen-bond donors (Lipinski definition) is 0. The number of benzene rings is 1. The Morgan fingerprint density at radius 2 is 1.48 bits per heavy atom.